The van der Waals surface area contributed by atoms with Crippen molar-refractivity contribution in [3.8, 4) is 11.8 Å². The number of ketones is 1. The molecule has 0 bridgehead atoms. The van der Waals surface area contributed by atoms with Crippen LogP contribution in [0.25, 0.3) is 0 Å². The molecule has 0 aliphatic rings. The number of rotatable bonds is 2. The third-order valence-electron chi connectivity index (χ3n) is 1.85. The third kappa shape index (κ3) is 3.54. The fourth-order valence-corrected chi connectivity index (χ4v) is 0.955. The first-order valence-electron chi connectivity index (χ1n) is 4.66. The smallest absolute Gasteiger partial charge is 0.317 e. The number of aromatic nitrogens is 1. The molecule has 0 saturated carbocycles. The molecular weight excluding hydrogens is 206 g/mol. The summed E-state index contributed by atoms with van der Waals surface area (Å²) in [6, 6.07) is 3.29. The van der Waals surface area contributed by atoms with E-state index in [1.54, 1.807) is 12.1 Å². The Morgan fingerprint density at radius 3 is 2.69 bits per heavy atom. The number of hydrogen-bond donors (Lipinski definition) is 0. The van der Waals surface area contributed by atoms with Crippen LogP contribution in [0.15, 0.2) is 18.3 Å². The van der Waals surface area contributed by atoms with Crippen molar-refractivity contribution in [1.29, 1.82) is 0 Å². The number of hydrogen-bond acceptors (Lipinski definition) is 4. The second kappa shape index (κ2) is 5.66. The summed E-state index contributed by atoms with van der Waals surface area (Å²) < 4.78 is 4.43. The molecule has 1 heterocycles. The minimum Gasteiger partial charge on any atom is -0.468 e. The maximum atomic E-state index is 11.0. The summed E-state index contributed by atoms with van der Waals surface area (Å²) in [4.78, 5) is 25.7. The van der Waals surface area contributed by atoms with Gasteiger partial charge in [0.05, 0.1) is 7.11 Å². The predicted octanol–water partition coefficient (Wildman–Crippen LogP) is 1.20. The van der Waals surface area contributed by atoms with Gasteiger partial charge in [0, 0.05) is 11.8 Å². The van der Waals surface area contributed by atoms with E-state index in [-0.39, 0.29) is 18.2 Å². The SMILES string of the molecule is COC(=O)CC#Cc1ccc(C(C)=O)cn1. The van der Waals surface area contributed by atoms with Crippen molar-refractivity contribution >= 4 is 11.8 Å². The summed E-state index contributed by atoms with van der Waals surface area (Å²) in [7, 11) is 1.31. The lowest BCUT2D eigenvalue weighted by Crippen LogP contribution is -1.97. The van der Waals surface area contributed by atoms with Crippen LogP contribution in [0.3, 0.4) is 0 Å². The zero-order valence-electron chi connectivity index (χ0n) is 9.11. The van der Waals surface area contributed by atoms with Gasteiger partial charge in [0.25, 0.3) is 0 Å². The molecule has 0 aromatic carbocycles. The summed E-state index contributed by atoms with van der Waals surface area (Å²) in [5.41, 5.74) is 1.06. The lowest BCUT2D eigenvalue weighted by atomic mass is 10.2. The molecule has 0 fully saturated rings. The number of Topliss-reactive ketones (excluding diaryl/α,β-unsaturated/α-hetero) is 1. The molecule has 4 heteroatoms. The van der Waals surface area contributed by atoms with Crippen LogP contribution in [-0.2, 0) is 9.53 Å². The summed E-state index contributed by atoms with van der Waals surface area (Å²) in [6.45, 7) is 1.47. The van der Waals surface area contributed by atoms with Crippen LogP contribution in [-0.4, -0.2) is 23.8 Å². The van der Waals surface area contributed by atoms with Gasteiger partial charge < -0.3 is 4.74 Å². The standard InChI is InChI=1S/C12H11NO3/c1-9(14)10-6-7-11(13-8-10)4-3-5-12(15)16-2/h6-8H,5H2,1-2H3. The van der Waals surface area contributed by atoms with Gasteiger partial charge in [-0.15, -0.1) is 0 Å². The lowest BCUT2D eigenvalue weighted by molar-refractivity contribution is -0.139. The number of esters is 1. The zero-order chi connectivity index (χ0) is 12.0. The average molecular weight is 217 g/mol. The van der Waals surface area contributed by atoms with Gasteiger partial charge in [-0.25, -0.2) is 4.98 Å². The molecule has 0 aliphatic heterocycles. The minimum atomic E-state index is -0.382. The number of ether oxygens (including phenoxy) is 1. The van der Waals surface area contributed by atoms with Crippen molar-refractivity contribution in [2.75, 3.05) is 7.11 Å². The molecule has 0 amide bonds. The van der Waals surface area contributed by atoms with Crippen LogP contribution in [0, 0.1) is 11.8 Å². The van der Waals surface area contributed by atoms with Crippen molar-refractivity contribution in [3.63, 3.8) is 0 Å². The van der Waals surface area contributed by atoms with E-state index < -0.39 is 0 Å². The van der Waals surface area contributed by atoms with Crippen LogP contribution in [0.4, 0.5) is 0 Å². The molecule has 0 atom stereocenters. The monoisotopic (exact) mass is 217 g/mol. The highest BCUT2D eigenvalue weighted by molar-refractivity contribution is 5.93. The summed E-state index contributed by atoms with van der Waals surface area (Å²) >= 11 is 0. The largest absolute Gasteiger partial charge is 0.468 e. The Kier molecular flexibility index (Phi) is 4.22. The second-order valence-corrected chi connectivity index (χ2v) is 3.04. The normalized spacial score (nSPS) is 8.88. The average Bonchev–Trinajstić information content (AvgIpc) is 2.29. The lowest BCUT2D eigenvalue weighted by Gasteiger charge is -1.94. The van der Waals surface area contributed by atoms with Crippen LogP contribution in [0.2, 0.25) is 0 Å². The number of pyridine rings is 1. The highest BCUT2D eigenvalue weighted by Gasteiger charge is 1.98. The molecule has 4 nitrogen and oxygen atoms in total. The van der Waals surface area contributed by atoms with Crippen molar-refractivity contribution in [2.24, 2.45) is 0 Å². The number of carbonyl (C=O) groups excluding carboxylic acids is 2. The van der Waals surface area contributed by atoms with Crippen molar-refractivity contribution in [2.45, 2.75) is 13.3 Å². The van der Waals surface area contributed by atoms with Crippen LogP contribution >= 0.6 is 0 Å². The molecule has 1 aromatic heterocycles. The fraction of sp³-hybridized carbons (Fsp3) is 0.250. The van der Waals surface area contributed by atoms with Gasteiger partial charge in [0.1, 0.15) is 12.1 Å². The Morgan fingerprint density at radius 1 is 1.44 bits per heavy atom. The van der Waals surface area contributed by atoms with Crippen LogP contribution in [0.5, 0.6) is 0 Å². The first-order chi connectivity index (χ1) is 7.63. The maximum Gasteiger partial charge on any atom is 0.317 e. The van der Waals surface area contributed by atoms with E-state index in [1.807, 2.05) is 0 Å². The van der Waals surface area contributed by atoms with Crippen LogP contribution < -0.4 is 0 Å². The van der Waals surface area contributed by atoms with Gasteiger partial charge in [-0.3, -0.25) is 9.59 Å². The van der Waals surface area contributed by atoms with E-state index >= 15 is 0 Å². The predicted molar refractivity (Wildman–Crippen MR) is 57.8 cm³/mol. The van der Waals surface area contributed by atoms with Gasteiger partial charge in [-0.05, 0) is 25.0 Å². The van der Waals surface area contributed by atoms with E-state index in [2.05, 4.69) is 21.6 Å². The van der Waals surface area contributed by atoms with Crippen molar-refractivity contribution in [1.82, 2.24) is 4.98 Å². The molecule has 0 saturated heterocycles. The minimum absolute atomic E-state index is 0.0344. The third-order valence-corrected chi connectivity index (χ3v) is 1.85. The fourth-order valence-electron chi connectivity index (χ4n) is 0.955. The molecule has 0 aliphatic carbocycles. The quantitative estimate of drug-likeness (QED) is 0.424. The molecular formula is C12H11NO3. The molecule has 0 radical (unpaired) electrons. The summed E-state index contributed by atoms with van der Waals surface area (Å²) in [5, 5.41) is 0. The summed E-state index contributed by atoms with van der Waals surface area (Å²) in [6.07, 6.45) is 1.50. The van der Waals surface area contributed by atoms with Crippen LogP contribution in [0.1, 0.15) is 29.4 Å². The second-order valence-electron chi connectivity index (χ2n) is 3.04. The Bertz CT molecular complexity index is 451. The molecule has 1 aromatic rings. The molecule has 1 rings (SSSR count). The topological polar surface area (TPSA) is 56.3 Å². The summed E-state index contributed by atoms with van der Waals surface area (Å²) in [5.74, 6) is 4.91. The Hall–Kier alpha value is -2.15. The molecule has 0 unspecified atom stereocenters. The van der Waals surface area contributed by atoms with E-state index in [4.69, 9.17) is 0 Å². The van der Waals surface area contributed by atoms with E-state index in [0.717, 1.165) is 0 Å². The first kappa shape index (κ1) is 11.9. The number of nitrogens with zero attached hydrogens (tertiary/aromatic N) is 1. The van der Waals surface area contributed by atoms with Gasteiger partial charge in [-0.2, -0.15) is 0 Å². The highest BCUT2D eigenvalue weighted by atomic mass is 16.5. The Balaban J connectivity index is 2.68. The first-order valence-corrected chi connectivity index (χ1v) is 4.66. The Labute approximate surface area is 93.6 Å². The highest BCUT2D eigenvalue weighted by Crippen LogP contribution is 2.00. The number of carbonyl (C=O) groups is 2. The number of methoxy groups -OCH3 is 1. The van der Waals surface area contributed by atoms with Crippen molar-refractivity contribution < 1.29 is 14.3 Å². The van der Waals surface area contributed by atoms with Crippen molar-refractivity contribution in [3.05, 3.63) is 29.6 Å². The Morgan fingerprint density at radius 2 is 2.19 bits per heavy atom. The van der Waals surface area contributed by atoms with E-state index in [0.29, 0.717) is 11.3 Å². The molecule has 16 heavy (non-hydrogen) atoms. The van der Waals surface area contributed by atoms with E-state index in [1.165, 1.54) is 20.2 Å². The van der Waals surface area contributed by atoms with E-state index in [9.17, 15) is 9.59 Å². The molecule has 0 N–H and O–H groups in total. The zero-order valence-corrected chi connectivity index (χ0v) is 9.11. The van der Waals surface area contributed by atoms with Gasteiger partial charge in [-0.1, -0.05) is 5.92 Å². The van der Waals surface area contributed by atoms with Gasteiger partial charge in [0.2, 0.25) is 0 Å². The maximum absolute atomic E-state index is 11.0. The van der Waals surface area contributed by atoms with Gasteiger partial charge in [0.15, 0.2) is 5.78 Å². The van der Waals surface area contributed by atoms with Gasteiger partial charge >= 0.3 is 5.97 Å². The molecule has 0 spiro atoms. The molecule has 82 valence electrons.